The smallest absolute Gasteiger partial charge is 0.283 e. The van der Waals surface area contributed by atoms with Gasteiger partial charge in [0, 0.05) is 14.7 Å². The Labute approximate surface area is 136 Å². The summed E-state index contributed by atoms with van der Waals surface area (Å²) >= 11 is 2.27. The van der Waals surface area contributed by atoms with Gasteiger partial charge in [0.15, 0.2) is 5.54 Å². The largest absolute Gasteiger partial charge is 0.462 e. The number of benzene rings is 2. The Kier molecular flexibility index (Phi) is 2.72. The Balaban J connectivity index is 2.05. The van der Waals surface area contributed by atoms with Crippen LogP contribution in [0.5, 0.6) is 11.5 Å². The molecule has 2 radical (unpaired) electrons. The van der Waals surface area contributed by atoms with Crippen molar-refractivity contribution >= 4 is 41.9 Å². The van der Waals surface area contributed by atoms with Gasteiger partial charge in [-0.25, -0.2) is 4.99 Å². The first-order valence-corrected chi connectivity index (χ1v) is 7.52. The van der Waals surface area contributed by atoms with Gasteiger partial charge in [-0.05, 0) is 46.9 Å². The molecule has 1 spiro atoms. The molecule has 0 saturated carbocycles. The van der Waals surface area contributed by atoms with Crippen LogP contribution in [-0.4, -0.2) is 20.5 Å². The Morgan fingerprint density at radius 2 is 1.86 bits per heavy atom. The van der Waals surface area contributed by atoms with Crippen LogP contribution < -0.4 is 15.9 Å². The molecule has 1 atom stereocenters. The number of fused-ring (bicyclic) bond motifs is 4. The van der Waals surface area contributed by atoms with Crippen molar-refractivity contribution in [3.63, 3.8) is 0 Å². The quantitative estimate of drug-likeness (QED) is 0.553. The number of hydrogen-bond acceptors (Lipinski definition) is 4. The minimum absolute atomic E-state index is 0.190. The van der Waals surface area contributed by atoms with Gasteiger partial charge in [-0.3, -0.25) is 0 Å². The molecule has 0 fully saturated rings. The topological polar surface area (TPSA) is 56.8 Å². The molecule has 0 amide bonds. The number of halogens is 1. The molecule has 6 heteroatoms. The van der Waals surface area contributed by atoms with Gasteiger partial charge < -0.3 is 15.2 Å². The zero-order chi connectivity index (χ0) is 14.6. The minimum Gasteiger partial charge on any atom is -0.462 e. The highest BCUT2D eigenvalue weighted by Crippen LogP contribution is 2.50. The van der Waals surface area contributed by atoms with E-state index >= 15 is 0 Å². The van der Waals surface area contributed by atoms with Gasteiger partial charge in [-0.1, -0.05) is 17.6 Å². The van der Waals surface area contributed by atoms with Crippen LogP contribution >= 0.6 is 22.6 Å². The summed E-state index contributed by atoms with van der Waals surface area (Å²) < 4.78 is 12.6. The molecule has 2 aliphatic heterocycles. The molecule has 2 aliphatic rings. The van der Waals surface area contributed by atoms with Crippen molar-refractivity contribution in [2.75, 3.05) is 6.61 Å². The monoisotopic (exact) mass is 388 g/mol. The maximum absolute atomic E-state index is 5.98. The van der Waals surface area contributed by atoms with Gasteiger partial charge in [0.1, 0.15) is 26.0 Å². The highest BCUT2D eigenvalue weighted by atomic mass is 127. The van der Waals surface area contributed by atoms with Gasteiger partial charge in [-0.15, -0.1) is 0 Å². The molecule has 2 heterocycles. The van der Waals surface area contributed by atoms with E-state index in [9.17, 15) is 0 Å². The molecule has 102 valence electrons. The number of rotatable bonds is 0. The number of aliphatic imine (C=N–C) groups is 1. The van der Waals surface area contributed by atoms with Crippen LogP contribution in [0.3, 0.4) is 0 Å². The third-order valence-corrected chi connectivity index (χ3v) is 4.46. The summed E-state index contributed by atoms with van der Waals surface area (Å²) in [5.74, 6) is 1.51. The second-order valence-corrected chi connectivity index (χ2v) is 6.34. The SMILES string of the molecule is [B]c1ccc2c(c1)[C@@]1(COC(N)=N1)c1cc(I)ccc1O2. The van der Waals surface area contributed by atoms with Crippen LogP contribution in [0.1, 0.15) is 11.1 Å². The van der Waals surface area contributed by atoms with E-state index in [0.29, 0.717) is 12.1 Å². The molecule has 2 aromatic carbocycles. The molecule has 0 bridgehead atoms. The number of nitrogens with zero attached hydrogens (tertiary/aromatic N) is 1. The standard InChI is InChI=1S/C15H10BIN2O2/c16-8-1-3-12-10(5-8)15(7-20-14(18)19-15)11-6-9(17)2-4-13(11)21-12/h1-6H,7H2,(H2,18,19)/t15-/m0/s1. The summed E-state index contributed by atoms with van der Waals surface area (Å²) in [6.07, 6.45) is 0. The lowest BCUT2D eigenvalue weighted by Gasteiger charge is -2.33. The Hall–Kier alpha value is -1.70. The zero-order valence-electron chi connectivity index (χ0n) is 11.0. The average Bonchev–Trinajstić information content (AvgIpc) is 2.84. The summed E-state index contributed by atoms with van der Waals surface area (Å²) in [6.45, 7) is 0.353. The highest BCUT2D eigenvalue weighted by Gasteiger charge is 2.46. The molecule has 0 unspecified atom stereocenters. The van der Waals surface area contributed by atoms with Crippen LogP contribution in [-0.2, 0) is 10.3 Å². The van der Waals surface area contributed by atoms with Crippen molar-refractivity contribution in [3.8, 4) is 11.5 Å². The van der Waals surface area contributed by atoms with E-state index in [0.717, 1.165) is 26.2 Å². The number of nitrogens with two attached hydrogens (primary N) is 1. The molecule has 2 N–H and O–H groups in total. The molecule has 0 aliphatic carbocycles. The van der Waals surface area contributed by atoms with E-state index in [1.54, 1.807) is 0 Å². The van der Waals surface area contributed by atoms with E-state index < -0.39 is 5.54 Å². The van der Waals surface area contributed by atoms with Crippen LogP contribution in [0.15, 0.2) is 41.4 Å². The van der Waals surface area contributed by atoms with Crippen LogP contribution in [0.25, 0.3) is 0 Å². The van der Waals surface area contributed by atoms with Crippen LogP contribution in [0.2, 0.25) is 0 Å². The van der Waals surface area contributed by atoms with E-state index in [2.05, 4.69) is 27.6 Å². The third-order valence-electron chi connectivity index (χ3n) is 3.79. The van der Waals surface area contributed by atoms with E-state index in [-0.39, 0.29) is 6.02 Å². The molecule has 4 nitrogen and oxygen atoms in total. The van der Waals surface area contributed by atoms with E-state index in [4.69, 9.17) is 23.1 Å². The van der Waals surface area contributed by atoms with Crippen molar-refractivity contribution in [1.82, 2.24) is 0 Å². The number of ether oxygens (including phenoxy) is 2. The van der Waals surface area contributed by atoms with Crippen LogP contribution in [0, 0.1) is 3.57 Å². The number of hydrogen-bond donors (Lipinski definition) is 1. The minimum atomic E-state index is -0.677. The molecule has 4 rings (SSSR count). The zero-order valence-corrected chi connectivity index (χ0v) is 13.1. The van der Waals surface area contributed by atoms with Crippen molar-refractivity contribution in [3.05, 3.63) is 51.1 Å². The Morgan fingerprint density at radius 3 is 2.57 bits per heavy atom. The molecule has 21 heavy (non-hydrogen) atoms. The third kappa shape index (κ3) is 1.85. The molecule has 2 aromatic rings. The molecular formula is C15H10BIN2O2. The van der Waals surface area contributed by atoms with Gasteiger partial charge in [0.2, 0.25) is 0 Å². The summed E-state index contributed by atoms with van der Waals surface area (Å²) in [7, 11) is 5.94. The predicted octanol–water partition coefficient (Wildman–Crippen LogP) is 1.78. The Bertz CT molecular complexity index is 740. The van der Waals surface area contributed by atoms with Gasteiger partial charge in [0.05, 0.1) is 0 Å². The lowest BCUT2D eigenvalue weighted by molar-refractivity contribution is 0.264. The van der Waals surface area contributed by atoms with E-state index in [1.807, 2.05) is 36.4 Å². The fourth-order valence-corrected chi connectivity index (χ4v) is 3.34. The van der Waals surface area contributed by atoms with Gasteiger partial charge in [0.25, 0.3) is 6.02 Å². The molecular weight excluding hydrogens is 378 g/mol. The fraction of sp³-hybridized carbons (Fsp3) is 0.133. The van der Waals surface area contributed by atoms with Crippen molar-refractivity contribution < 1.29 is 9.47 Å². The van der Waals surface area contributed by atoms with E-state index in [1.165, 1.54) is 0 Å². The van der Waals surface area contributed by atoms with Gasteiger partial charge in [-0.2, -0.15) is 0 Å². The average molecular weight is 388 g/mol. The predicted molar refractivity (Wildman–Crippen MR) is 89.4 cm³/mol. The second-order valence-electron chi connectivity index (χ2n) is 5.10. The van der Waals surface area contributed by atoms with Crippen molar-refractivity contribution in [1.29, 1.82) is 0 Å². The van der Waals surface area contributed by atoms with Gasteiger partial charge >= 0.3 is 0 Å². The lowest BCUT2D eigenvalue weighted by atomic mass is 9.79. The summed E-state index contributed by atoms with van der Waals surface area (Å²) in [6, 6.07) is 11.7. The Morgan fingerprint density at radius 1 is 1.14 bits per heavy atom. The van der Waals surface area contributed by atoms with Crippen molar-refractivity contribution in [2.24, 2.45) is 10.7 Å². The highest BCUT2D eigenvalue weighted by molar-refractivity contribution is 14.1. The summed E-state index contributed by atoms with van der Waals surface area (Å²) in [5, 5.41) is 0. The van der Waals surface area contributed by atoms with Crippen molar-refractivity contribution in [2.45, 2.75) is 5.54 Å². The lowest BCUT2D eigenvalue weighted by Crippen LogP contribution is -2.32. The maximum atomic E-state index is 5.98. The number of amidine groups is 1. The first kappa shape index (κ1) is 13.0. The second kappa shape index (κ2) is 4.40. The normalized spacial score (nSPS) is 22.0. The molecule has 0 saturated heterocycles. The maximum Gasteiger partial charge on any atom is 0.283 e. The summed E-state index contributed by atoms with van der Waals surface area (Å²) in [5.41, 5.74) is 7.60. The van der Waals surface area contributed by atoms with Crippen LogP contribution in [0.4, 0.5) is 0 Å². The first-order valence-electron chi connectivity index (χ1n) is 6.44. The molecule has 0 aromatic heterocycles. The summed E-state index contributed by atoms with van der Waals surface area (Å²) in [4.78, 5) is 4.58. The first-order chi connectivity index (χ1) is 10.1. The fourth-order valence-electron chi connectivity index (χ4n) is 2.84.